The summed E-state index contributed by atoms with van der Waals surface area (Å²) in [5, 5.41) is 7.78. The minimum absolute atomic E-state index is 0.101. The number of carbonyl (C=O) groups is 1. The van der Waals surface area contributed by atoms with Gasteiger partial charge in [-0.3, -0.25) is 9.89 Å². The number of amides is 1. The first-order valence-electron chi connectivity index (χ1n) is 8.71. The second-order valence-corrected chi connectivity index (χ2v) is 7.34. The van der Waals surface area contributed by atoms with E-state index in [0.29, 0.717) is 10.9 Å². The highest BCUT2D eigenvalue weighted by Crippen LogP contribution is 2.28. The van der Waals surface area contributed by atoms with Crippen molar-refractivity contribution in [3.05, 3.63) is 59.7 Å². The van der Waals surface area contributed by atoms with Crippen molar-refractivity contribution in [2.24, 2.45) is 0 Å². The van der Waals surface area contributed by atoms with Crippen LogP contribution in [0.15, 0.2) is 53.7 Å². The Hall–Kier alpha value is -2.60. The molecule has 3 aromatic rings. The zero-order chi connectivity index (χ0) is 17.9. The molecule has 0 unspecified atom stereocenters. The Labute approximate surface area is 156 Å². The van der Waals surface area contributed by atoms with E-state index >= 15 is 0 Å². The van der Waals surface area contributed by atoms with Crippen LogP contribution in [0.2, 0.25) is 0 Å². The zero-order valence-electron chi connectivity index (χ0n) is 14.6. The number of aryl methyl sites for hydroxylation is 2. The van der Waals surface area contributed by atoms with Crippen LogP contribution in [0.4, 0.5) is 5.69 Å². The molecule has 6 heteroatoms. The first-order valence-corrected chi connectivity index (χ1v) is 9.70. The number of rotatable bonds is 4. The summed E-state index contributed by atoms with van der Waals surface area (Å²) in [5.74, 6) is 1.16. The van der Waals surface area contributed by atoms with Crippen LogP contribution in [0.3, 0.4) is 0 Å². The van der Waals surface area contributed by atoms with E-state index in [9.17, 15) is 4.79 Å². The van der Waals surface area contributed by atoms with Crippen LogP contribution in [0.5, 0.6) is 0 Å². The lowest BCUT2D eigenvalue weighted by molar-refractivity contribution is -0.116. The highest BCUT2D eigenvalue weighted by Gasteiger charge is 2.22. The first kappa shape index (κ1) is 16.8. The van der Waals surface area contributed by atoms with Gasteiger partial charge in [0.2, 0.25) is 11.1 Å². The zero-order valence-corrected chi connectivity index (χ0v) is 15.4. The van der Waals surface area contributed by atoms with Crippen LogP contribution in [0.1, 0.15) is 17.5 Å². The summed E-state index contributed by atoms with van der Waals surface area (Å²) in [6.07, 6.45) is 2.04. The maximum atomic E-state index is 12.7. The van der Waals surface area contributed by atoms with Crippen LogP contribution in [-0.2, 0) is 11.2 Å². The number of carbonyl (C=O) groups excluding carboxylic acids is 1. The van der Waals surface area contributed by atoms with E-state index in [1.807, 2.05) is 47.4 Å². The number of nitrogens with zero attached hydrogens (tertiary/aromatic N) is 3. The van der Waals surface area contributed by atoms with E-state index in [-0.39, 0.29) is 5.91 Å². The van der Waals surface area contributed by atoms with Crippen molar-refractivity contribution in [1.29, 1.82) is 0 Å². The van der Waals surface area contributed by atoms with Crippen molar-refractivity contribution in [2.75, 3.05) is 17.2 Å². The highest BCUT2D eigenvalue weighted by molar-refractivity contribution is 7.99. The van der Waals surface area contributed by atoms with E-state index in [0.717, 1.165) is 36.5 Å². The summed E-state index contributed by atoms with van der Waals surface area (Å²) in [4.78, 5) is 19.1. The molecular formula is C20H20N4OS. The molecule has 1 aliphatic heterocycles. The molecule has 0 atom stereocenters. The number of hydrogen-bond acceptors (Lipinski definition) is 4. The molecule has 2 aromatic carbocycles. The average molecular weight is 364 g/mol. The largest absolute Gasteiger partial charge is 0.311 e. The van der Waals surface area contributed by atoms with Gasteiger partial charge in [-0.25, -0.2) is 4.98 Å². The van der Waals surface area contributed by atoms with Gasteiger partial charge >= 0.3 is 0 Å². The average Bonchev–Trinajstić information content (AvgIpc) is 3.15. The number of aromatic amines is 1. The fraction of sp³-hybridized carbons (Fsp3) is 0.250. The van der Waals surface area contributed by atoms with Gasteiger partial charge < -0.3 is 4.90 Å². The molecule has 0 spiro atoms. The van der Waals surface area contributed by atoms with Crippen LogP contribution < -0.4 is 4.90 Å². The third-order valence-electron chi connectivity index (χ3n) is 4.53. The van der Waals surface area contributed by atoms with Gasteiger partial charge in [-0.15, -0.1) is 5.10 Å². The standard InChI is InChI=1S/C20H20N4OS/c1-14-8-10-16(11-9-14)19-21-20(23-22-19)26-13-18(25)24-12-4-6-15-5-2-3-7-17(15)24/h2-3,5,7-11H,4,6,12-13H2,1H3,(H,21,22,23). The van der Waals surface area contributed by atoms with Gasteiger partial charge in [0, 0.05) is 17.8 Å². The number of aromatic nitrogens is 3. The predicted octanol–water partition coefficient (Wildman–Crippen LogP) is 3.85. The molecular weight excluding hydrogens is 344 g/mol. The molecule has 1 N–H and O–H groups in total. The van der Waals surface area contributed by atoms with E-state index in [1.165, 1.54) is 22.9 Å². The highest BCUT2D eigenvalue weighted by atomic mass is 32.2. The Morgan fingerprint density at radius 3 is 2.85 bits per heavy atom. The normalized spacial score (nSPS) is 13.5. The number of thioether (sulfide) groups is 1. The van der Waals surface area contributed by atoms with Crippen molar-refractivity contribution in [3.8, 4) is 11.4 Å². The maximum Gasteiger partial charge on any atom is 0.237 e. The maximum absolute atomic E-state index is 12.7. The lowest BCUT2D eigenvalue weighted by Crippen LogP contribution is -2.36. The van der Waals surface area contributed by atoms with Gasteiger partial charge in [0.15, 0.2) is 5.82 Å². The molecule has 0 radical (unpaired) electrons. The number of para-hydroxylation sites is 1. The van der Waals surface area contributed by atoms with Gasteiger partial charge in [-0.05, 0) is 31.4 Å². The van der Waals surface area contributed by atoms with E-state index in [4.69, 9.17) is 0 Å². The molecule has 1 aliphatic rings. The Balaban J connectivity index is 1.42. The second kappa shape index (κ2) is 7.33. The van der Waals surface area contributed by atoms with Crippen molar-refractivity contribution in [2.45, 2.75) is 24.9 Å². The summed E-state index contributed by atoms with van der Waals surface area (Å²) in [6.45, 7) is 2.83. The molecule has 5 nitrogen and oxygen atoms in total. The second-order valence-electron chi connectivity index (χ2n) is 6.40. The number of benzene rings is 2. The third-order valence-corrected chi connectivity index (χ3v) is 5.36. The number of anilines is 1. The van der Waals surface area contributed by atoms with Crippen LogP contribution in [0.25, 0.3) is 11.4 Å². The summed E-state index contributed by atoms with van der Waals surface area (Å²) in [7, 11) is 0. The number of nitrogens with one attached hydrogen (secondary N) is 1. The summed E-state index contributed by atoms with van der Waals surface area (Å²) < 4.78 is 0. The molecule has 0 saturated carbocycles. The van der Waals surface area contributed by atoms with Crippen LogP contribution >= 0.6 is 11.8 Å². The number of hydrogen-bond donors (Lipinski definition) is 1. The smallest absolute Gasteiger partial charge is 0.237 e. The Morgan fingerprint density at radius 2 is 2.00 bits per heavy atom. The quantitative estimate of drug-likeness (QED) is 0.714. The lowest BCUT2D eigenvalue weighted by Gasteiger charge is -2.29. The van der Waals surface area contributed by atoms with E-state index in [1.54, 1.807) is 0 Å². The topological polar surface area (TPSA) is 61.9 Å². The van der Waals surface area contributed by atoms with Crippen molar-refractivity contribution in [3.63, 3.8) is 0 Å². The molecule has 132 valence electrons. The van der Waals surface area contributed by atoms with Crippen molar-refractivity contribution < 1.29 is 4.79 Å². The molecule has 0 bridgehead atoms. The molecule has 26 heavy (non-hydrogen) atoms. The summed E-state index contributed by atoms with van der Waals surface area (Å²) >= 11 is 1.37. The molecule has 0 fully saturated rings. The SMILES string of the molecule is Cc1ccc(-c2nc(SCC(=O)N3CCCc4ccccc43)n[nH]2)cc1. The molecule has 1 amide bonds. The minimum Gasteiger partial charge on any atom is -0.311 e. The molecule has 2 heterocycles. The molecule has 4 rings (SSSR count). The molecule has 0 aliphatic carbocycles. The van der Waals surface area contributed by atoms with Gasteiger partial charge in [0.05, 0.1) is 5.75 Å². The molecule has 0 saturated heterocycles. The lowest BCUT2D eigenvalue weighted by atomic mass is 10.0. The fourth-order valence-corrected chi connectivity index (χ4v) is 3.82. The first-order chi connectivity index (χ1) is 12.7. The fourth-order valence-electron chi connectivity index (χ4n) is 3.15. The van der Waals surface area contributed by atoms with Gasteiger partial charge in [0.1, 0.15) is 0 Å². The summed E-state index contributed by atoms with van der Waals surface area (Å²) in [6, 6.07) is 16.3. The Kier molecular flexibility index (Phi) is 4.75. The van der Waals surface area contributed by atoms with Crippen molar-refractivity contribution in [1.82, 2.24) is 15.2 Å². The van der Waals surface area contributed by atoms with Gasteiger partial charge in [0.25, 0.3) is 0 Å². The summed E-state index contributed by atoms with van der Waals surface area (Å²) in [5.41, 5.74) is 4.48. The Bertz CT molecular complexity index is 920. The van der Waals surface area contributed by atoms with Gasteiger partial charge in [-0.2, -0.15) is 0 Å². The number of H-pyrrole nitrogens is 1. The molecule has 1 aromatic heterocycles. The van der Waals surface area contributed by atoms with E-state index < -0.39 is 0 Å². The predicted molar refractivity (Wildman–Crippen MR) is 104 cm³/mol. The van der Waals surface area contributed by atoms with Crippen LogP contribution in [-0.4, -0.2) is 33.4 Å². The Morgan fingerprint density at radius 1 is 1.19 bits per heavy atom. The number of fused-ring (bicyclic) bond motifs is 1. The van der Waals surface area contributed by atoms with Gasteiger partial charge in [-0.1, -0.05) is 59.8 Å². The third kappa shape index (κ3) is 3.51. The van der Waals surface area contributed by atoms with E-state index in [2.05, 4.69) is 28.2 Å². The minimum atomic E-state index is 0.101. The van der Waals surface area contributed by atoms with Crippen LogP contribution in [0, 0.1) is 6.92 Å². The van der Waals surface area contributed by atoms with Crippen molar-refractivity contribution >= 4 is 23.4 Å². The monoisotopic (exact) mass is 364 g/mol.